The molecule has 0 aliphatic carbocycles. The number of amides is 2. The molecule has 5 nitrogen and oxygen atoms in total. The number of carbonyl (C=O) groups is 2. The van der Waals surface area contributed by atoms with E-state index >= 15 is 0 Å². The van der Waals surface area contributed by atoms with Gasteiger partial charge in [-0.3, -0.25) is 9.59 Å². The number of primary amides is 1. The maximum Gasteiger partial charge on any atom is 0.262 e. The van der Waals surface area contributed by atoms with Gasteiger partial charge in [0.15, 0.2) is 6.61 Å². The molecule has 108 valence electrons. The van der Waals surface area contributed by atoms with E-state index in [4.69, 9.17) is 22.1 Å². The number of benzene rings is 2. The molecule has 0 atom stereocenters. The van der Waals surface area contributed by atoms with Crippen molar-refractivity contribution >= 4 is 29.1 Å². The molecule has 2 aromatic carbocycles. The summed E-state index contributed by atoms with van der Waals surface area (Å²) in [6, 6.07) is 13.4. The van der Waals surface area contributed by atoms with E-state index in [0.717, 1.165) is 0 Å². The number of hydrogen-bond donors (Lipinski definition) is 2. The van der Waals surface area contributed by atoms with Crippen molar-refractivity contribution in [3.8, 4) is 5.75 Å². The highest BCUT2D eigenvalue weighted by atomic mass is 35.5. The largest absolute Gasteiger partial charge is 0.483 e. The van der Waals surface area contributed by atoms with E-state index in [1.807, 2.05) is 6.07 Å². The lowest BCUT2D eigenvalue weighted by atomic mass is 10.2. The van der Waals surface area contributed by atoms with Gasteiger partial charge in [0.2, 0.25) is 0 Å². The Morgan fingerprint density at radius 1 is 1.14 bits per heavy atom. The number of ether oxygens (including phenoxy) is 1. The number of para-hydroxylation sites is 1. The van der Waals surface area contributed by atoms with Crippen LogP contribution in [0.2, 0.25) is 5.02 Å². The van der Waals surface area contributed by atoms with Gasteiger partial charge in [0.1, 0.15) is 5.75 Å². The van der Waals surface area contributed by atoms with Crippen LogP contribution in [0.3, 0.4) is 0 Å². The van der Waals surface area contributed by atoms with Gasteiger partial charge in [-0.05, 0) is 30.3 Å². The van der Waals surface area contributed by atoms with Crippen molar-refractivity contribution in [3.05, 3.63) is 59.1 Å². The van der Waals surface area contributed by atoms with Gasteiger partial charge in [-0.2, -0.15) is 0 Å². The SMILES string of the molecule is NC(=O)c1cc(Cl)ccc1OCC(=O)Nc1ccccc1. The lowest BCUT2D eigenvalue weighted by Gasteiger charge is -2.10. The number of rotatable bonds is 5. The Hall–Kier alpha value is -2.53. The molecule has 0 saturated carbocycles. The molecular weight excluding hydrogens is 292 g/mol. The van der Waals surface area contributed by atoms with Gasteiger partial charge >= 0.3 is 0 Å². The van der Waals surface area contributed by atoms with Gasteiger partial charge in [-0.1, -0.05) is 29.8 Å². The van der Waals surface area contributed by atoms with Crippen LogP contribution in [0.15, 0.2) is 48.5 Å². The van der Waals surface area contributed by atoms with Gasteiger partial charge in [0, 0.05) is 10.7 Å². The van der Waals surface area contributed by atoms with Crippen molar-refractivity contribution in [2.24, 2.45) is 5.73 Å². The third kappa shape index (κ3) is 4.22. The highest BCUT2D eigenvalue weighted by Crippen LogP contribution is 2.22. The van der Waals surface area contributed by atoms with Gasteiger partial charge < -0.3 is 15.8 Å². The van der Waals surface area contributed by atoms with Crippen LogP contribution in [0.4, 0.5) is 5.69 Å². The zero-order valence-electron chi connectivity index (χ0n) is 11.0. The van der Waals surface area contributed by atoms with Crippen molar-refractivity contribution in [2.45, 2.75) is 0 Å². The normalized spacial score (nSPS) is 9.95. The molecule has 0 heterocycles. The lowest BCUT2D eigenvalue weighted by molar-refractivity contribution is -0.118. The number of hydrogen-bond acceptors (Lipinski definition) is 3. The summed E-state index contributed by atoms with van der Waals surface area (Å²) in [5, 5.41) is 3.03. The molecule has 0 fully saturated rings. The summed E-state index contributed by atoms with van der Waals surface area (Å²) < 4.78 is 5.32. The number of nitrogens with one attached hydrogen (secondary N) is 1. The average molecular weight is 305 g/mol. The second-order valence-corrected chi connectivity index (χ2v) is 4.64. The van der Waals surface area contributed by atoms with Gasteiger partial charge in [-0.25, -0.2) is 0 Å². The molecule has 2 amide bonds. The Morgan fingerprint density at radius 3 is 2.52 bits per heavy atom. The molecule has 0 aromatic heterocycles. The Labute approximate surface area is 126 Å². The van der Waals surface area contributed by atoms with Crippen LogP contribution >= 0.6 is 11.6 Å². The second-order valence-electron chi connectivity index (χ2n) is 4.21. The predicted octanol–water partition coefficient (Wildman–Crippen LogP) is 2.46. The Morgan fingerprint density at radius 2 is 1.86 bits per heavy atom. The van der Waals surface area contributed by atoms with E-state index in [1.165, 1.54) is 12.1 Å². The predicted molar refractivity (Wildman–Crippen MR) is 80.5 cm³/mol. The third-order valence-electron chi connectivity index (χ3n) is 2.62. The fraction of sp³-hybridized carbons (Fsp3) is 0.0667. The number of halogens is 1. The van der Waals surface area contributed by atoms with Crippen LogP contribution in [0.5, 0.6) is 5.75 Å². The summed E-state index contributed by atoms with van der Waals surface area (Å²) in [6.07, 6.45) is 0. The molecule has 0 aliphatic rings. The summed E-state index contributed by atoms with van der Waals surface area (Å²) in [6.45, 7) is -0.239. The monoisotopic (exact) mass is 304 g/mol. The van der Waals surface area contributed by atoms with E-state index in [9.17, 15) is 9.59 Å². The smallest absolute Gasteiger partial charge is 0.262 e. The third-order valence-corrected chi connectivity index (χ3v) is 2.86. The van der Waals surface area contributed by atoms with Crippen LogP contribution in [-0.2, 0) is 4.79 Å². The minimum absolute atomic E-state index is 0.134. The molecule has 0 bridgehead atoms. The molecule has 0 spiro atoms. The zero-order valence-corrected chi connectivity index (χ0v) is 11.8. The molecule has 21 heavy (non-hydrogen) atoms. The Bertz CT molecular complexity index is 659. The summed E-state index contributed by atoms with van der Waals surface area (Å²) in [7, 11) is 0. The molecule has 0 saturated heterocycles. The number of anilines is 1. The fourth-order valence-electron chi connectivity index (χ4n) is 1.68. The van der Waals surface area contributed by atoms with Crippen LogP contribution in [0, 0.1) is 0 Å². The standard InChI is InChI=1S/C15H13ClN2O3/c16-10-6-7-13(12(8-10)15(17)20)21-9-14(19)18-11-4-2-1-3-5-11/h1-8H,9H2,(H2,17,20)(H,18,19). The zero-order chi connectivity index (χ0) is 15.2. The first-order chi connectivity index (χ1) is 10.1. The minimum Gasteiger partial charge on any atom is -0.483 e. The first kappa shape index (κ1) is 14.9. The molecular formula is C15H13ClN2O3. The van der Waals surface area contributed by atoms with Crippen molar-refractivity contribution in [3.63, 3.8) is 0 Å². The van der Waals surface area contributed by atoms with Crippen LogP contribution in [0.1, 0.15) is 10.4 Å². The second kappa shape index (κ2) is 6.76. The quantitative estimate of drug-likeness (QED) is 0.890. The van der Waals surface area contributed by atoms with Crippen LogP contribution < -0.4 is 15.8 Å². The van der Waals surface area contributed by atoms with Gasteiger partial charge in [0.05, 0.1) is 5.56 Å². The van der Waals surface area contributed by atoms with Crippen LogP contribution in [-0.4, -0.2) is 18.4 Å². The summed E-state index contributed by atoms with van der Waals surface area (Å²) in [5.41, 5.74) is 6.03. The van der Waals surface area contributed by atoms with Crippen molar-refractivity contribution in [2.75, 3.05) is 11.9 Å². The summed E-state index contributed by atoms with van der Waals surface area (Å²) in [4.78, 5) is 23.0. The topological polar surface area (TPSA) is 81.4 Å². The molecule has 0 aliphatic heterocycles. The highest BCUT2D eigenvalue weighted by Gasteiger charge is 2.12. The molecule has 0 unspecified atom stereocenters. The first-order valence-corrected chi connectivity index (χ1v) is 6.51. The maximum absolute atomic E-state index is 11.8. The molecule has 6 heteroatoms. The van der Waals surface area contributed by atoms with Crippen molar-refractivity contribution in [1.82, 2.24) is 0 Å². The van der Waals surface area contributed by atoms with Crippen LogP contribution in [0.25, 0.3) is 0 Å². The van der Waals surface area contributed by atoms with E-state index in [0.29, 0.717) is 10.7 Å². The van der Waals surface area contributed by atoms with Gasteiger partial charge in [-0.15, -0.1) is 0 Å². The molecule has 2 aromatic rings. The highest BCUT2D eigenvalue weighted by molar-refractivity contribution is 6.31. The number of nitrogens with two attached hydrogens (primary N) is 1. The maximum atomic E-state index is 11.8. The summed E-state index contributed by atoms with van der Waals surface area (Å²) >= 11 is 5.79. The Balaban J connectivity index is 2.00. The number of carbonyl (C=O) groups excluding carboxylic acids is 2. The average Bonchev–Trinajstić information content (AvgIpc) is 2.47. The van der Waals surface area contributed by atoms with Crippen molar-refractivity contribution in [1.29, 1.82) is 0 Å². The molecule has 2 rings (SSSR count). The van der Waals surface area contributed by atoms with Crippen molar-refractivity contribution < 1.29 is 14.3 Å². The van der Waals surface area contributed by atoms with E-state index in [1.54, 1.807) is 30.3 Å². The fourth-order valence-corrected chi connectivity index (χ4v) is 1.85. The molecule has 3 N–H and O–H groups in total. The van der Waals surface area contributed by atoms with Gasteiger partial charge in [0.25, 0.3) is 11.8 Å². The first-order valence-electron chi connectivity index (χ1n) is 6.13. The minimum atomic E-state index is -0.670. The van der Waals surface area contributed by atoms with E-state index in [2.05, 4.69) is 5.32 Å². The Kier molecular flexibility index (Phi) is 4.79. The lowest BCUT2D eigenvalue weighted by Crippen LogP contribution is -2.21. The van der Waals surface area contributed by atoms with E-state index in [-0.39, 0.29) is 23.8 Å². The van der Waals surface area contributed by atoms with E-state index < -0.39 is 5.91 Å². The summed E-state index contributed by atoms with van der Waals surface area (Å²) in [5.74, 6) is -0.794. The molecule has 0 radical (unpaired) electrons.